The second-order valence-electron chi connectivity index (χ2n) is 8.93. The van der Waals surface area contributed by atoms with Gasteiger partial charge in [0.2, 0.25) is 5.75 Å². The highest BCUT2D eigenvalue weighted by Gasteiger charge is 2.35. The second kappa shape index (κ2) is 9.24. The van der Waals surface area contributed by atoms with E-state index in [1.165, 1.54) is 44.1 Å². The van der Waals surface area contributed by atoms with E-state index in [9.17, 15) is 22.0 Å². The fourth-order valence-corrected chi connectivity index (χ4v) is 5.16. The summed E-state index contributed by atoms with van der Waals surface area (Å²) >= 11 is 0. The number of benzene rings is 2. The van der Waals surface area contributed by atoms with Crippen LogP contribution in [-0.2, 0) is 12.8 Å². The van der Waals surface area contributed by atoms with Crippen molar-refractivity contribution in [2.75, 3.05) is 0 Å². The highest BCUT2D eigenvalue weighted by atomic mass is 19.4. The third-order valence-electron chi connectivity index (χ3n) is 6.82. The molecule has 0 N–H and O–H groups in total. The molecule has 1 nitrogen and oxygen atoms in total. The first-order valence-electron chi connectivity index (χ1n) is 11.3. The Hall–Kier alpha value is -2.37. The molecular weight excluding hydrogens is 423 g/mol. The molecule has 2 aliphatic carbocycles. The van der Waals surface area contributed by atoms with Gasteiger partial charge in [-0.05, 0) is 84.3 Å². The summed E-state index contributed by atoms with van der Waals surface area (Å²) in [5.74, 6) is -2.57. The Labute approximate surface area is 185 Å². The first-order chi connectivity index (χ1) is 15.2. The number of allylic oxidation sites excluding steroid dienone is 2. The number of fused-ring (bicyclic) bond motifs is 1. The molecule has 0 unspecified atom stereocenters. The van der Waals surface area contributed by atoms with Gasteiger partial charge < -0.3 is 4.74 Å². The van der Waals surface area contributed by atoms with Gasteiger partial charge in [-0.25, -0.2) is 8.78 Å². The maximum atomic E-state index is 14.5. The summed E-state index contributed by atoms with van der Waals surface area (Å²) in [7, 11) is 0. The molecule has 0 saturated heterocycles. The van der Waals surface area contributed by atoms with Crippen molar-refractivity contribution in [3.63, 3.8) is 0 Å². The summed E-state index contributed by atoms with van der Waals surface area (Å²) in [6, 6.07) is 9.31. The molecule has 2 aromatic rings. The Morgan fingerprint density at radius 3 is 2.31 bits per heavy atom. The summed E-state index contributed by atoms with van der Waals surface area (Å²) in [6.45, 7) is 2.24. The van der Waals surface area contributed by atoms with Crippen LogP contribution in [0.4, 0.5) is 22.0 Å². The number of halogens is 5. The number of ether oxygens (including phenoxy) is 1. The monoisotopic (exact) mass is 450 g/mol. The molecule has 0 spiro atoms. The van der Waals surface area contributed by atoms with Gasteiger partial charge in [-0.3, -0.25) is 0 Å². The largest absolute Gasteiger partial charge is 0.573 e. The molecule has 32 heavy (non-hydrogen) atoms. The van der Waals surface area contributed by atoms with E-state index >= 15 is 0 Å². The Kier molecular flexibility index (Phi) is 6.59. The lowest BCUT2D eigenvalue weighted by Crippen LogP contribution is -2.20. The number of rotatable bonds is 5. The molecule has 0 atom stereocenters. The zero-order valence-electron chi connectivity index (χ0n) is 18.1. The van der Waals surface area contributed by atoms with E-state index in [0.717, 1.165) is 23.1 Å². The van der Waals surface area contributed by atoms with Crippen LogP contribution in [0.1, 0.15) is 73.6 Å². The summed E-state index contributed by atoms with van der Waals surface area (Å²) in [6.07, 6.45) is 4.53. The highest BCUT2D eigenvalue weighted by molar-refractivity contribution is 5.71. The molecule has 0 bridgehead atoms. The lowest BCUT2D eigenvalue weighted by atomic mass is 9.77. The third-order valence-corrected chi connectivity index (χ3v) is 6.82. The summed E-state index contributed by atoms with van der Waals surface area (Å²) in [5.41, 5.74) is 3.61. The molecule has 6 heteroatoms. The van der Waals surface area contributed by atoms with Crippen molar-refractivity contribution in [1.82, 2.24) is 0 Å². The van der Waals surface area contributed by atoms with E-state index in [1.807, 2.05) is 12.1 Å². The Balaban J connectivity index is 1.47. The molecule has 0 aliphatic heterocycles. The van der Waals surface area contributed by atoms with Gasteiger partial charge in [0.1, 0.15) is 0 Å². The molecule has 1 saturated carbocycles. The zero-order chi connectivity index (χ0) is 22.9. The van der Waals surface area contributed by atoms with Crippen LogP contribution < -0.4 is 4.74 Å². The fraction of sp³-hybridized carbons (Fsp3) is 0.462. The first-order valence-corrected chi connectivity index (χ1v) is 11.3. The normalized spacial score (nSPS) is 21.1. The van der Waals surface area contributed by atoms with Gasteiger partial charge in [0.25, 0.3) is 0 Å². The van der Waals surface area contributed by atoms with E-state index in [-0.39, 0.29) is 18.4 Å². The number of hydrogen-bond donors (Lipinski definition) is 0. The molecular formula is C26H27F5O. The van der Waals surface area contributed by atoms with Crippen LogP contribution in [-0.4, -0.2) is 6.36 Å². The zero-order valence-corrected chi connectivity index (χ0v) is 18.1. The molecule has 0 amide bonds. The van der Waals surface area contributed by atoms with Gasteiger partial charge in [0, 0.05) is 0 Å². The topological polar surface area (TPSA) is 9.23 Å². The molecule has 172 valence electrons. The molecule has 0 aromatic heterocycles. The van der Waals surface area contributed by atoms with Crippen LogP contribution in [0.5, 0.6) is 5.75 Å². The maximum absolute atomic E-state index is 14.5. The maximum Gasteiger partial charge on any atom is 0.573 e. The van der Waals surface area contributed by atoms with Crippen LogP contribution >= 0.6 is 0 Å². The second-order valence-corrected chi connectivity index (χ2v) is 8.93. The smallest absolute Gasteiger partial charge is 0.399 e. The van der Waals surface area contributed by atoms with Gasteiger partial charge in [0.05, 0.1) is 0 Å². The molecule has 1 fully saturated rings. The minimum absolute atomic E-state index is 0.0508. The molecule has 2 aromatic carbocycles. The fourth-order valence-electron chi connectivity index (χ4n) is 5.16. The quantitative estimate of drug-likeness (QED) is 0.418. The Morgan fingerprint density at radius 2 is 1.69 bits per heavy atom. The van der Waals surface area contributed by atoms with Crippen molar-refractivity contribution in [2.24, 2.45) is 5.92 Å². The highest BCUT2D eigenvalue weighted by Crippen LogP contribution is 2.39. The molecule has 0 radical (unpaired) electrons. The summed E-state index contributed by atoms with van der Waals surface area (Å²) in [4.78, 5) is 0. The predicted molar refractivity (Wildman–Crippen MR) is 114 cm³/mol. The van der Waals surface area contributed by atoms with Gasteiger partial charge in [-0.15, -0.1) is 13.2 Å². The summed E-state index contributed by atoms with van der Waals surface area (Å²) < 4.78 is 69.6. The summed E-state index contributed by atoms with van der Waals surface area (Å²) in [5, 5.41) is 0. The van der Waals surface area contributed by atoms with Crippen LogP contribution in [0, 0.1) is 17.6 Å². The predicted octanol–water partition coefficient (Wildman–Crippen LogP) is 8.12. The molecule has 4 rings (SSSR count). The Morgan fingerprint density at radius 1 is 1.00 bits per heavy atom. The van der Waals surface area contributed by atoms with E-state index < -0.39 is 23.7 Å². The van der Waals surface area contributed by atoms with Gasteiger partial charge in [-0.2, -0.15) is 0 Å². The number of hydrogen-bond acceptors (Lipinski definition) is 1. The first kappa shape index (κ1) is 22.8. The standard InChI is InChI=1S/C26H27F5O/c1-2-3-16-4-6-17(7-5-16)18-8-10-19(11-9-18)20-12-13-22-21(14-20)15-23(27)25(24(22)28)32-26(29,30)31/h8-12,15-17H,2-7,13-14H2,1H3. The lowest BCUT2D eigenvalue weighted by Gasteiger charge is -2.28. The Bertz CT molecular complexity index is 983. The third kappa shape index (κ3) is 5.00. The van der Waals surface area contributed by atoms with E-state index in [1.54, 1.807) is 6.08 Å². The van der Waals surface area contributed by atoms with Crippen LogP contribution in [0.3, 0.4) is 0 Å². The van der Waals surface area contributed by atoms with Crippen LogP contribution in [0.2, 0.25) is 0 Å². The molecule has 2 aliphatic rings. The van der Waals surface area contributed by atoms with Crippen LogP contribution in [0.25, 0.3) is 5.57 Å². The van der Waals surface area contributed by atoms with Gasteiger partial charge in [-0.1, -0.05) is 50.1 Å². The van der Waals surface area contributed by atoms with Crippen molar-refractivity contribution in [1.29, 1.82) is 0 Å². The van der Waals surface area contributed by atoms with Crippen molar-refractivity contribution in [3.8, 4) is 5.75 Å². The van der Waals surface area contributed by atoms with E-state index in [2.05, 4.69) is 23.8 Å². The van der Waals surface area contributed by atoms with E-state index in [0.29, 0.717) is 11.5 Å². The van der Waals surface area contributed by atoms with Gasteiger partial charge >= 0.3 is 6.36 Å². The minimum atomic E-state index is -5.15. The van der Waals surface area contributed by atoms with Gasteiger partial charge in [0.15, 0.2) is 11.6 Å². The van der Waals surface area contributed by atoms with Crippen molar-refractivity contribution < 1.29 is 26.7 Å². The number of alkyl halides is 3. The van der Waals surface area contributed by atoms with Crippen molar-refractivity contribution in [2.45, 2.75) is 70.6 Å². The van der Waals surface area contributed by atoms with Crippen molar-refractivity contribution in [3.05, 3.63) is 70.3 Å². The van der Waals surface area contributed by atoms with Crippen LogP contribution in [0.15, 0.2) is 36.4 Å². The minimum Gasteiger partial charge on any atom is -0.399 e. The average Bonchev–Trinajstić information content (AvgIpc) is 2.76. The van der Waals surface area contributed by atoms with Crippen molar-refractivity contribution >= 4 is 5.57 Å². The average molecular weight is 450 g/mol. The lowest BCUT2D eigenvalue weighted by molar-refractivity contribution is -0.276. The molecule has 0 heterocycles. The van der Waals surface area contributed by atoms with E-state index in [4.69, 9.17) is 0 Å². The SMILES string of the molecule is CCCC1CCC(c2ccc(C3=CCc4c(cc(F)c(OC(F)(F)F)c4F)C3)cc2)CC1.